The molecule has 0 spiro atoms. The molecule has 0 saturated heterocycles. The van der Waals surface area contributed by atoms with Crippen LogP contribution < -0.4 is 9.67 Å². The Hall–Kier alpha value is -0.592. The zero-order valence-electron chi connectivity index (χ0n) is 8.21. The summed E-state index contributed by atoms with van der Waals surface area (Å²) in [7, 11) is 0. The van der Waals surface area contributed by atoms with Crippen LogP contribution in [0.15, 0.2) is 24.3 Å². The number of anilines is 1. The van der Waals surface area contributed by atoms with E-state index >= 15 is 0 Å². The van der Waals surface area contributed by atoms with E-state index in [1.165, 1.54) is 19.1 Å². The van der Waals surface area contributed by atoms with E-state index in [1.54, 1.807) is 12.1 Å². The van der Waals surface area contributed by atoms with Crippen molar-refractivity contribution in [3.63, 3.8) is 0 Å². The fourth-order valence-electron chi connectivity index (χ4n) is 1.10. The van der Waals surface area contributed by atoms with Crippen molar-refractivity contribution in [2.45, 2.75) is 6.92 Å². The number of carbonyl (C=O) groups is 1. The minimum atomic E-state index is -4.54. The van der Waals surface area contributed by atoms with E-state index in [4.69, 9.17) is 5.26 Å². The van der Waals surface area contributed by atoms with Crippen molar-refractivity contribution in [3.05, 3.63) is 24.3 Å². The van der Waals surface area contributed by atoms with Crippen LogP contribution in [0.2, 0.25) is 0 Å². The Morgan fingerprint density at radius 3 is 2.62 bits per heavy atom. The molecule has 16 heavy (non-hydrogen) atoms. The van der Waals surface area contributed by atoms with E-state index < -0.39 is 14.2 Å². The average Bonchev–Trinajstić information content (AvgIpc) is 2.28. The molecule has 88 valence electrons. The molecule has 0 aliphatic rings. The number of hydrogen-bond donors (Lipinski definition) is 2. The zero-order valence-corrected chi connectivity index (χ0v) is 11.7. The van der Waals surface area contributed by atoms with Crippen molar-refractivity contribution in [1.29, 1.82) is 0 Å². The van der Waals surface area contributed by atoms with Crippen molar-refractivity contribution in [1.82, 2.24) is 0 Å². The van der Waals surface area contributed by atoms with Crippen molar-refractivity contribution >= 4 is 46.4 Å². The van der Waals surface area contributed by atoms with Gasteiger partial charge >= 0.3 is 103 Å². The molecule has 1 aromatic carbocycles. The molecular formula is C8H9AsBrNO5. The van der Waals surface area contributed by atoms with Crippen LogP contribution in [-0.2, 0) is 15.2 Å². The molecule has 2 N–H and O–H groups in total. The Morgan fingerprint density at radius 1 is 1.50 bits per heavy atom. The Bertz CT molecular complexity index is 430. The summed E-state index contributed by atoms with van der Waals surface area (Å²) in [5, 5.41) is 11.1. The molecule has 0 bridgehead atoms. The number of amides is 1. The second-order valence-electron chi connectivity index (χ2n) is 2.85. The maximum absolute atomic E-state index is 11.9. The molecular weight excluding hydrogens is 345 g/mol. The molecule has 8 heteroatoms. The van der Waals surface area contributed by atoms with Gasteiger partial charge in [-0.25, -0.2) is 0 Å². The molecule has 1 atom stereocenters. The Morgan fingerprint density at radius 2 is 2.12 bits per heavy atom. The van der Waals surface area contributed by atoms with E-state index in [9.17, 15) is 8.53 Å². The summed E-state index contributed by atoms with van der Waals surface area (Å²) in [6, 6.07) is 6.18. The zero-order chi connectivity index (χ0) is 12.2. The Balaban J connectivity index is 3.22. The number of carbonyl (C=O) groups excluding carboxylic acids is 1. The van der Waals surface area contributed by atoms with E-state index in [-0.39, 0.29) is 15.9 Å². The van der Waals surface area contributed by atoms with Gasteiger partial charge in [-0.2, -0.15) is 0 Å². The summed E-state index contributed by atoms with van der Waals surface area (Å²) in [5.74, 6) is -0.331. The Labute approximate surface area is 103 Å². The van der Waals surface area contributed by atoms with Crippen LogP contribution in [0, 0.1) is 0 Å². The number of nitrogens with one attached hydrogen (secondary N) is 1. The van der Waals surface area contributed by atoms with Gasteiger partial charge in [0.25, 0.3) is 0 Å². The molecule has 1 aromatic rings. The average molecular weight is 354 g/mol. The molecule has 0 aliphatic heterocycles. The van der Waals surface area contributed by atoms with Gasteiger partial charge in [0.1, 0.15) is 0 Å². The molecule has 1 amide bonds. The van der Waals surface area contributed by atoms with Gasteiger partial charge in [0.15, 0.2) is 0 Å². The van der Waals surface area contributed by atoms with Gasteiger partial charge in [0, 0.05) is 0 Å². The standard InChI is InChI=1S/C8H9AsBrNO5/c1-6(12)11-8-5-3-2-4-7(8)9(13,15-10)16-14/h2-5,14H,1H3,(H,11,12). The van der Waals surface area contributed by atoms with Gasteiger partial charge in [-0.3, -0.25) is 0 Å². The minimum absolute atomic E-state index is 0.107. The summed E-state index contributed by atoms with van der Waals surface area (Å²) in [4.78, 5) is 10.9. The predicted molar refractivity (Wildman–Crippen MR) is 60.5 cm³/mol. The van der Waals surface area contributed by atoms with Crippen molar-refractivity contribution in [2.75, 3.05) is 5.32 Å². The van der Waals surface area contributed by atoms with Crippen LogP contribution in [0.5, 0.6) is 0 Å². The Kier molecular flexibility index (Phi) is 4.76. The number of halogens is 1. The summed E-state index contributed by atoms with van der Waals surface area (Å²) in [6.45, 7) is 1.31. The van der Waals surface area contributed by atoms with Crippen molar-refractivity contribution < 1.29 is 20.5 Å². The molecule has 1 rings (SSSR count). The first kappa shape index (κ1) is 13.5. The van der Waals surface area contributed by atoms with Crippen LogP contribution in [0.1, 0.15) is 6.92 Å². The number of benzene rings is 1. The molecule has 0 aromatic heterocycles. The fraction of sp³-hybridized carbons (Fsp3) is 0.125. The second kappa shape index (κ2) is 5.65. The normalized spacial score (nSPS) is 14.2. The molecule has 1 unspecified atom stereocenters. The SMILES string of the molecule is CC(=O)Nc1ccccc1[As](=O)(OO)OBr. The fourth-order valence-corrected chi connectivity index (χ4v) is 4.04. The second-order valence-corrected chi connectivity index (χ2v) is 8.08. The van der Waals surface area contributed by atoms with Crippen molar-refractivity contribution in [3.8, 4) is 0 Å². The molecule has 0 aliphatic carbocycles. The van der Waals surface area contributed by atoms with Crippen LogP contribution in [0.3, 0.4) is 0 Å². The third-order valence-electron chi connectivity index (χ3n) is 1.71. The van der Waals surface area contributed by atoms with Gasteiger partial charge in [0.05, 0.1) is 0 Å². The summed E-state index contributed by atoms with van der Waals surface area (Å²) in [5.41, 5.74) is 0.269. The summed E-state index contributed by atoms with van der Waals surface area (Å²) in [6.07, 6.45) is 0. The number of rotatable bonds is 4. The third kappa shape index (κ3) is 2.96. The number of para-hydroxylation sites is 1. The monoisotopic (exact) mass is 353 g/mol. The van der Waals surface area contributed by atoms with Crippen molar-refractivity contribution in [2.24, 2.45) is 0 Å². The molecule has 0 heterocycles. The topological polar surface area (TPSA) is 84.9 Å². The number of hydrogen-bond acceptors (Lipinski definition) is 5. The van der Waals surface area contributed by atoms with E-state index in [0.717, 1.165) is 0 Å². The molecule has 0 saturated carbocycles. The first-order valence-corrected chi connectivity index (χ1v) is 8.02. The van der Waals surface area contributed by atoms with Crippen LogP contribution in [0.4, 0.5) is 5.69 Å². The molecule has 0 radical (unpaired) electrons. The summed E-state index contributed by atoms with van der Waals surface area (Å²) < 4.78 is 20.4. The first-order valence-electron chi connectivity index (χ1n) is 4.14. The molecule has 6 nitrogen and oxygen atoms in total. The maximum atomic E-state index is 11.9. The van der Waals surface area contributed by atoms with Crippen LogP contribution in [0.25, 0.3) is 0 Å². The van der Waals surface area contributed by atoms with E-state index in [2.05, 4.69) is 28.3 Å². The van der Waals surface area contributed by atoms with E-state index in [0.29, 0.717) is 0 Å². The van der Waals surface area contributed by atoms with Gasteiger partial charge in [-0.1, -0.05) is 0 Å². The van der Waals surface area contributed by atoms with Gasteiger partial charge in [-0.15, -0.1) is 0 Å². The van der Waals surface area contributed by atoms with Gasteiger partial charge < -0.3 is 0 Å². The van der Waals surface area contributed by atoms with E-state index in [1.807, 2.05) is 0 Å². The van der Waals surface area contributed by atoms with Gasteiger partial charge in [0.2, 0.25) is 0 Å². The summed E-state index contributed by atoms with van der Waals surface area (Å²) >= 11 is -2.01. The first-order chi connectivity index (χ1) is 7.53. The van der Waals surface area contributed by atoms with Gasteiger partial charge in [-0.05, 0) is 0 Å². The molecule has 0 fully saturated rings. The predicted octanol–water partition coefficient (Wildman–Crippen LogP) is 1.04. The van der Waals surface area contributed by atoms with Crippen LogP contribution >= 0.6 is 16.3 Å². The quantitative estimate of drug-likeness (QED) is 0.480. The third-order valence-corrected chi connectivity index (χ3v) is 6.58. The van der Waals surface area contributed by atoms with Crippen LogP contribution in [-0.4, -0.2) is 25.3 Å².